The zero-order valence-corrected chi connectivity index (χ0v) is 18.9. The summed E-state index contributed by atoms with van der Waals surface area (Å²) in [5.74, 6) is -2.90. The van der Waals surface area contributed by atoms with E-state index in [4.69, 9.17) is 0 Å². The van der Waals surface area contributed by atoms with Crippen LogP contribution in [0.15, 0.2) is 59.9 Å². The molecule has 0 fully saturated rings. The summed E-state index contributed by atoms with van der Waals surface area (Å²) < 4.78 is 27.8. The standard InChI is InChI=1S/C25H21F2N5O3/c1-14-16(4-6-22-18(14)8-17(10-30-22)23(33)28-2)9-31-24(34)19-11-29-13-32(25(19)35)12-15-3-5-20(26)21(27)7-15/h3-8,10-11,13H,9,12H2,1-2H3,(H,28,33)(H,31,34). The molecule has 0 radical (unpaired) electrons. The second-order valence-electron chi connectivity index (χ2n) is 7.89. The zero-order valence-electron chi connectivity index (χ0n) is 18.9. The number of fused-ring (bicyclic) bond motifs is 1. The molecule has 0 saturated heterocycles. The van der Waals surface area contributed by atoms with Gasteiger partial charge in [-0.2, -0.15) is 0 Å². The molecule has 2 heterocycles. The molecule has 0 atom stereocenters. The lowest BCUT2D eigenvalue weighted by molar-refractivity contribution is 0.0945. The first-order valence-electron chi connectivity index (χ1n) is 10.7. The largest absolute Gasteiger partial charge is 0.355 e. The fraction of sp³-hybridized carbons (Fsp3) is 0.160. The molecule has 8 nitrogen and oxygen atoms in total. The van der Waals surface area contributed by atoms with E-state index in [1.165, 1.54) is 25.6 Å². The van der Waals surface area contributed by atoms with E-state index in [1.807, 2.05) is 13.0 Å². The van der Waals surface area contributed by atoms with Crippen LogP contribution in [0.1, 0.15) is 37.4 Å². The highest BCUT2D eigenvalue weighted by atomic mass is 19.2. The molecule has 0 aliphatic rings. The lowest BCUT2D eigenvalue weighted by atomic mass is 10.0. The third kappa shape index (κ3) is 4.91. The van der Waals surface area contributed by atoms with Gasteiger partial charge in [-0.15, -0.1) is 0 Å². The minimum absolute atomic E-state index is 0.0748. The van der Waals surface area contributed by atoms with E-state index < -0.39 is 23.1 Å². The summed E-state index contributed by atoms with van der Waals surface area (Å²) in [5.41, 5.74) is 2.30. The first-order chi connectivity index (χ1) is 16.8. The van der Waals surface area contributed by atoms with Gasteiger partial charge in [0.25, 0.3) is 17.4 Å². The van der Waals surface area contributed by atoms with Crippen molar-refractivity contribution in [1.29, 1.82) is 0 Å². The monoisotopic (exact) mass is 477 g/mol. The van der Waals surface area contributed by atoms with Gasteiger partial charge in [0.2, 0.25) is 0 Å². The van der Waals surface area contributed by atoms with E-state index in [0.717, 1.165) is 39.4 Å². The topological polar surface area (TPSA) is 106 Å². The molecule has 0 spiro atoms. The Balaban J connectivity index is 1.54. The predicted molar refractivity (Wildman–Crippen MR) is 125 cm³/mol. The van der Waals surface area contributed by atoms with Crippen molar-refractivity contribution in [1.82, 2.24) is 25.2 Å². The average Bonchev–Trinajstić information content (AvgIpc) is 2.86. The third-order valence-corrected chi connectivity index (χ3v) is 5.66. The van der Waals surface area contributed by atoms with Gasteiger partial charge in [-0.1, -0.05) is 12.1 Å². The van der Waals surface area contributed by atoms with Crippen LogP contribution in [0.5, 0.6) is 0 Å². The number of rotatable bonds is 6. The van der Waals surface area contributed by atoms with Gasteiger partial charge in [0.15, 0.2) is 11.6 Å². The normalized spacial score (nSPS) is 10.9. The van der Waals surface area contributed by atoms with Crippen LogP contribution in [0.2, 0.25) is 0 Å². The predicted octanol–water partition coefficient (Wildman–Crippen LogP) is 2.72. The molecule has 4 rings (SSSR count). The van der Waals surface area contributed by atoms with Crippen molar-refractivity contribution in [2.45, 2.75) is 20.0 Å². The van der Waals surface area contributed by atoms with Gasteiger partial charge in [0.05, 0.1) is 24.0 Å². The van der Waals surface area contributed by atoms with E-state index in [0.29, 0.717) is 16.6 Å². The van der Waals surface area contributed by atoms with Gasteiger partial charge in [-0.3, -0.25) is 23.9 Å². The smallest absolute Gasteiger partial charge is 0.266 e. The summed E-state index contributed by atoms with van der Waals surface area (Å²) in [6.07, 6.45) is 3.88. The number of nitrogens with zero attached hydrogens (tertiary/aromatic N) is 3. The van der Waals surface area contributed by atoms with Crippen molar-refractivity contribution in [3.05, 3.63) is 105 Å². The molecule has 10 heteroatoms. The number of benzene rings is 2. The van der Waals surface area contributed by atoms with Crippen LogP contribution in [-0.4, -0.2) is 33.4 Å². The SMILES string of the molecule is CNC(=O)c1cnc2ccc(CNC(=O)c3cncn(Cc4ccc(F)c(F)c4)c3=O)c(C)c2c1. The van der Waals surface area contributed by atoms with Crippen molar-refractivity contribution >= 4 is 22.7 Å². The van der Waals surface area contributed by atoms with Crippen LogP contribution < -0.4 is 16.2 Å². The van der Waals surface area contributed by atoms with E-state index in [1.54, 1.807) is 12.1 Å². The molecule has 0 unspecified atom stereocenters. The molecule has 0 aliphatic carbocycles. The number of hydrogen-bond donors (Lipinski definition) is 2. The van der Waals surface area contributed by atoms with Gasteiger partial charge in [0.1, 0.15) is 5.56 Å². The quantitative estimate of drug-likeness (QED) is 0.444. The minimum atomic E-state index is -1.03. The van der Waals surface area contributed by atoms with Gasteiger partial charge >= 0.3 is 0 Å². The molecular weight excluding hydrogens is 456 g/mol. The average molecular weight is 477 g/mol. The van der Waals surface area contributed by atoms with E-state index in [2.05, 4.69) is 20.6 Å². The number of hydrogen-bond acceptors (Lipinski definition) is 5. The van der Waals surface area contributed by atoms with E-state index in [9.17, 15) is 23.2 Å². The lowest BCUT2D eigenvalue weighted by Crippen LogP contribution is -2.33. The molecule has 4 aromatic rings. The summed E-state index contributed by atoms with van der Waals surface area (Å²) in [5, 5.41) is 6.05. The van der Waals surface area contributed by atoms with Crippen molar-refractivity contribution in [3.8, 4) is 0 Å². The fourth-order valence-electron chi connectivity index (χ4n) is 3.67. The number of nitrogens with one attached hydrogen (secondary N) is 2. The third-order valence-electron chi connectivity index (χ3n) is 5.66. The van der Waals surface area contributed by atoms with Crippen LogP contribution in [0, 0.1) is 18.6 Å². The molecule has 0 bridgehead atoms. The molecule has 2 aromatic heterocycles. The summed E-state index contributed by atoms with van der Waals surface area (Å²) in [6.45, 7) is 1.91. The molecule has 35 heavy (non-hydrogen) atoms. The Morgan fingerprint density at radius 2 is 1.83 bits per heavy atom. The first kappa shape index (κ1) is 23.7. The number of pyridine rings is 1. The highest BCUT2D eigenvalue weighted by Crippen LogP contribution is 2.21. The van der Waals surface area contributed by atoms with Gasteiger partial charge in [0, 0.05) is 31.4 Å². The van der Waals surface area contributed by atoms with Crippen LogP contribution in [0.25, 0.3) is 10.9 Å². The Labute approximate surface area is 198 Å². The number of amides is 2. The highest BCUT2D eigenvalue weighted by molar-refractivity contribution is 5.98. The highest BCUT2D eigenvalue weighted by Gasteiger charge is 2.15. The molecule has 0 aliphatic heterocycles. The van der Waals surface area contributed by atoms with Gasteiger partial charge in [-0.05, 0) is 47.9 Å². The van der Waals surface area contributed by atoms with Crippen LogP contribution in [0.3, 0.4) is 0 Å². The Morgan fingerprint density at radius 3 is 2.57 bits per heavy atom. The molecule has 178 valence electrons. The Bertz CT molecular complexity index is 1520. The molecule has 2 aromatic carbocycles. The minimum Gasteiger partial charge on any atom is -0.355 e. The Morgan fingerprint density at radius 1 is 1.03 bits per heavy atom. The number of carbonyl (C=O) groups is 2. The van der Waals surface area contributed by atoms with Crippen LogP contribution in [-0.2, 0) is 13.1 Å². The maximum atomic E-state index is 13.5. The van der Waals surface area contributed by atoms with Gasteiger partial charge < -0.3 is 10.6 Å². The second-order valence-corrected chi connectivity index (χ2v) is 7.89. The van der Waals surface area contributed by atoms with E-state index >= 15 is 0 Å². The molecule has 2 N–H and O–H groups in total. The molecular formula is C25H21F2N5O3. The molecule has 0 saturated carbocycles. The fourth-order valence-corrected chi connectivity index (χ4v) is 3.67. The first-order valence-corrected chi connectivity index (χ1v) is 10.7. The maximum absolute atomic E-state index is 13.5. The zero-order chi connectivity index (χ0) is 25.1. The van der Waals surface area contributed by atoms with Crippen molar-refractivity contribution in [2.24, 2.45) is 0 Å². The lowest BCUT2D eigenvalue weighted by Gasteiger charge is -2.12. The summed E-state index contributed by atoms with van der Waals surface area (Å²) in [6, 6.07) is 8.65. The Kier molecular flexibility index (Phi) is 6.63. The van der Waals surface area contributed by atoms with E-state index in [-0.39, 0.29) is 24.6 Å². The van der Waals surface area contributed by atoms with Crippen molar-refractivity contribution in [3.63, 3.8) is 0 Å². The van der Waals surface area contributed by atoms with Crippen molar-refractivity contribution < 1.29 is 18.4 Å². The second kappa shape index (κ2) is 9.80. The molecule has 2 amide bonds. The maximum Gasteiger partial charge on any atom is 0.266 e. The number of aryl methyl sites for hydroxylation is 1. The summed E-state index contributed by atoms with van der Waals surface area (Å²) in [7, 11) is 1.54. The Hall–Kier alpha value is -4.47. The van der Waals surface area contributed by atoms with Crippen LogP contribution >= 0.6 is 0 Å². The van der Waals surface area contributed by atoms with Gasteiger partial charge in [-0.25, -0.2) is 13.8 Å². The number of halogens is 2. The summed E-state index contributed by atoms with van der Waals surface area (Å²) in [4.78, 5) is 45.8. The van der Waals surface area contributed by atoms with Crippen molar-refractivity contribution in [2.75, 3.05) is 7.05 Å². The number of aromatic nitrogens is 3. The summed E-state index contributed by atoms with van der Waals surface area (Å²) >= 11 is 0. The number of carbonyl (C=O) groups excluding carboxylic acids is 2. The van der Waals surface area contributed by atoms with Crippen LogP contribution in [0.4, 0.5) is 8.78 Å².